The van der Waals surface area contributed by atoms with Gasteiger partial charge in [0, 0.05) is 31.4 Å². The van der Waals surface area contributed by atoms with Crippen LogP contribution in [0.2, 0.25) is 0 Å². The monoisotopic (exact) mass is 317 g/mol. The van der Waals surface area contributed by atoms with E-state index in [0.717, 1.165) is 0 Å². The summed E-state index contributed by atoms with van der Waals surface area (Å²) >= 11 is 0. The number of carbonyl (C=O) groups is 1. The third-order valence-electron chi connectivity index (χ3n) is 3.35. The van der Waals surface area contributed by atoms with E-state index in [1.807, 2.05) is 0 Å². The zero-order valence-electron chi connectivity index (χ0n) is 13.0. The number of rotatable bonds is 4. The maximum absolute atomic E-state index is 13.5. The molecule has 0 spiro atoms. The van der Waals surface area contributed by atoms with Crippen LogP contribution >= 0.6 is 0 Å². The lowest BCUT2D eigenvalue weighted by atomic mass is 10.1. The van der Waals surface area contributed by atoms with Crippen molar-refractivity contribution in [3.63, 3.8) is 0 Å². The number of nitro benzene ring substituents is 1. The van der Waals surface area contributed by atoms with Gasteiger partial charge in [-0.15, -0.1) is 0 Å². The summed E-state index contributed by atoms with van der Waals surface area (Å²) < 4.78 is 13.5. The Bertz CT molecular complexity index is 775. The van der Waals surface area contributed by atoms with E-state index in [4.69, 9.17) is 0 Å². The topological polar surface area (TPSA) is 75.5 Å². The molecule has 0 aliphatic rings. The van der Waals surface area contributed by atoms with Crippen molar-refractivity contribution in [2.24, 2.45) is 0 Å². The first-order valence-electron chi connectivity index (χ1n) is 6.83. The van der Waals surface area contributed by atoms with Crippen molar-refractivity contribution in [1.29, 1.82) is 0 Å². The molecule has 0 radical (unpaired) electrons. The van der Waals surface area contributed by atoms with Crippen LogP contribution in [-0.2, 0) is 0 Å². The Morgan fingerprint density at radius 1 is 1.22 bits per heavy atom. The second kappa shape index (κ2) is 6.43. The van der Waals surface area contributed by atoms with Gasteiger partial charge in [0.1, 0.15) is 11.5 Å². The Labute approximate surface area is 132 Å². The highest BCUT2D eigenvalue weighted by Crippen LogP contribution is 2.28. The van der Waals surface area contributed by atoms with Gasteiger partial charge in [-0.25, -0.2) is 4.39 Å². The predicted molar refractivity (Wildman–Crippen MR) is 86.5 cm³/mol. The molecule has 0 aromatic heterocycles. The van der Waals surface area contributed by atoms with Crippen molar-refractivity contribution >= 4 is 23.0 Å². The van der Waals surface area contributed by atoms with Crippen LogP contribution in [0.3, 0.4) is 0 Å². The van der Waals surface area contributed by atoms with Crippen molar-refractivity contribution in [2.75, 3.05) is 24.3 Å². The summed E-state index contributed by atoms with van der Waals surface area (Å²) in [4.78, 5) is 24.4. The number of nitro groups is 1. The SMILES string of the molecule is Cc1ccc(NC(=O)c2ccc(N(C)C)c([N+](=O)[O-])c2)cc1F. The number of halogens is 1. The summed E-state index contributed by atoms with van der Waals surface area (Å²) in [5, 5.41) is 13.7. The molecule has 7 heteroatoms. The van der Waals surface area contributed by atoms with E-state index in [0.29, 0.717) is 11.3 Å². The zero-order chi connectivity index (χ0) is 17.1. The van der Waals surface area contributed by atoms with Crippen LogP contribution in [0, 0.1) is 22.9 Å². The highest BCUT2D eigenvalue weighted by Gasteiger charge is 2.19. The molecule has 2 rings (SSSR count). The number of carbonyl (C=O) groups excluding carboxylic acids is 1. The fourth-order valence-electron chi connectivity index (χ4n) is 2.06. The average molecular weight is 317 g/mol. The Hall–Kier alpha value is -2.96. The molecule has 0 fully saturated rings. The standard InChI is InChI=1S/C16H16FN3O3/c1-10-4-6-12(9-13(10)17)18-16(21)11-5-7-14(19(2)3)15(8-11)20(22)23/h4-9H,1-3H3,(H,18,21). The Morgan fingerprint density at radius 3 is 2.48 bits per heavy atom. The maximum atomic E-state index is 13.5. The van der Waals surface area contributed by atoms with Crippen LogP contribution in [0.4, 0.5) is 21.5 Å². The van der Waals surface area contributed by atoms with Gasteiger partial charge in [-0.1, -0.05) is 6.07 Å². The summed E-state index contributed by atoms with van der Waals surface area (Å²) in [5.74, 6) is -0.974. The molecular weight excluding hydrogens is 301 g/mol. The van der Waals surface area contributed by atoms with Gasteiger partial charge in [0.2, 0.25) is 0 Å². The molecule has 2 aromatic rings. The highest BCUT2D eigenvalue weighted by molar-refractivity contribution is 6.05. The van der Waals surface area contributed by atoms with Crippen LogP contribution in [0.25, 0.3) is 0 Å². The Kier molecular flexibility index (Phi) is 4.59. The van der Waals surface area contributed by atoms with Gasteiger partial charge in [0.15, 0.2) is 0 Å². The smallest absolute Gasteiger partial charge is 0.293 e. The molecule has 0 saturated heterocycles. The first-order chi connectivity index (χ1) is 10.8. The second-order valence-electron chi connectivity index (χ2n) is 5.27. The lowest BCUT2D eigenvalue weighted by Gasteiger charge is -2.13. The molecule has 0 saturated carbocycles. The highest BCUT2D eigenvalue weighted by atomic mass is 19.1. The van der Waals surface area contributed by atoms with Crippen molar-refractivity contribution < 1.29 is 14.1 Å². The number of nitrogens with one attached hydrogen (secondary N) is 1. The third-order valence-corrected chi connectivity index (χ3v) is 3.35. The van der Waals surface area contributed by atoms with Crippen LogP contribution < -0.4 is 10.2 Å². The summed E-state index contributed by atoms with van der Waals surface area (Å²) in [7, 11) is 3.36. The first kappa shape index (κ1) is 16.4. The van der Waals surface area contributed by atoms with E-state index >= 15 is 0 Å². The fraction of sp³-hybridized carbons (Fsp3) is 0.188. The molecule has 1 amide bonds. The molecule has 0 bridgehead atoms. The molecule has 6 nitrogen and oxygen atoms in total. The molecule has 0 heterocycles. The Balaban J connectivity index is 2.30. The van der Waals surface area contributed by atoms with E-state index in [1.54, 1.807) is 38.1 Å². The van der Waals surface area contributed by atoms with Gasteiger partial charge in [-0.05, 0) is 36.8 Å². The van der Waals surface area contributed by atoms with Crippen molar-refractivity contribution in [3.8, 4) is 0 Å². The van der Waals surface area contributed by atoms with Crippen LogP contribution in [0.1, 0.15) is 15.9 Å². The molecule has 120 valence electrons. The average Bonchev–Trinajstić information content (AvgIpc) is 2.50. The molecule has 0 atom stereocenters. The van der Waals surface area contributed by atoms with E-state index in [1.165, 1.54) is 24.3 Å². The fourth-order valence-corrected chi connectivity index (χ4v) is 2.06. The number of hydrogen-bond donors (Lipinski definition) is 1. The number of nitrogens with zero attached hydrogens (tertiary/aromatic N) is 2. The van der Waals surface area contributed by atoms with Gasteiger partial charge in [0.25, 0.3) is 11.6 Å². The number of hydrogen-bond acceptors (Lipinski definition) is 4. The van der Waals surface area contributed by atoms with Crippen molar-refractivity contribution in [3.05, 3.63) is 63.5 Å². The summed E-state index contributed by atoms with van der Waals surface area (Å²) in [5.41, 5.74) is 1.11. The van der Waals surface area contributed by atoms with Crippen LogP contribution in [0.5, 0.6) is 0 Å². The molecular formula is C16H16FN3O3. The Morgan fingerprint density at radius 2 is 1.91 bits per heavy atom. The van der Waals surface area contributed by atoms with Crippen molar-refractivity contribution in [2.45, 2.75) is 6.92 Å². The summed E-state index contributed by atoms with van der Waals surface area (Å²) in [6, 6.07) is 8.51. The number of amides is 1. The number of aryl methyl sites for hydroxylation is 1. The minimum Gasteiger partial charge on any atom is -0.372 e. The molecule has 0 aliphatic heterocycles. The third kappa shape index (κ3) is 3.63. The van der Waals surface area contributed by atoms with Gasteiger partial charge >= 0.3 is 0 Å². The zero-order valence-corrected chi connectivity index (χ0v) is 13.0. The van der Waals surface area contributed by atoms with Gasteiger partial charge in [-0.3, -0.25) is 14.9 Å². The van der Waals surface area contributed by atoms with Gasteiger partial charge in [0.05, 0.1) is 4.92 Å². The predicted octanol–water partition coefficient (Wildman–Crippen LogP) is 3.36. The van der Waals surface area contributed by atoms with Gasteiger partial charge < -0.3 is 10.2 Å². The van der Waals surface area contributed by atoms with E-state index in [9.17, 15) is 19.3 Å². The van der Waals surface area contributed by atoms with E-state index in [2.05, 4.69) is 5.32 Å². The number of benzene rings is 2. The van der Waals surface area contributed by atoms with Crippen molar-refractivity contribution in [1.82, 2.24) is 0 Å². The molecule has 2 aromatic carbocycles. The summed E-state index contributed by atoms with van der Waals surface area (Å²) in [6.07, 6.45) is 0. The molecule has 0 unspecified atom stereocenters. The lowest BCUT2D eigenvalue weighted by Crippen LogP contribution is -2.15. The van der Waals surface area contributed by atoms with Crippen LogP contribution in [-0.4, -0.2) is 24.9 Å². The van der Waals surface area contributed by atoms with Crippen LogP contribution in [0.15, 0.2) is 36.4 Å². The normalized spacial score (nSPS) is 10.3. The minimum atomic E-state index is -0.544. The van der Waals surface area contributed by atoms with Gasteiger partial charge in [-0.2, -0.15) is 0 Å². The molecule has 23 heavy (non-hydrogen) atoms. The minimum absolute atomic E-state index is 0.128. The maximum Gasteiger partial charge on any atom is 0.293 e. The second-order valence-corrected chi connectivity index (χ2v) is 5.27. The van der Waals surface area contributed by atoms with E-state index < -0.39 is 16.6 Å². The lowest BCUT2D eigenvalue weighted by molar-refractivity contribution is -0.384. The van der Waals surface area contributed by atoms with E-state index in [-0.39, 0.29) is 16.9 Å². The molecule has 0 aliphatic carbocycles. The summed E-state index contributed by atoms with van der Waals surface area (Å²) in [6.45, 7) is 1.62. The first-order valence-corrected chi connectivity index (χ1v) is 6.83. The molecule has 1 N–H and O–H groups in total. The number of anilines is 2. The largest absolute Gasteiger partial charge is 0.372 e. The quantitative estimate of drug-likeness (QED) is 0.693.